The van der Waals surface area contributed by atoms with Crippen LogP contribution in [0.4, 0.5) is 5.82 Å². The van der Waals surface area contributed by atoms with Crippen LogP contribution in [-0.2, 0) is 0 Å². The Morgan fingerprint density at radius 3 is 2.80 bits per heavy atom. The summed E-state index contributed by atoms with van der Waals surface area (Å²) >= 11 is 5.76. The number of nitrogens with one attached hydrogen (secondary N) is 1. The Hall–Kier alpha value is -0.760. The van der Waals surface area contributed by atoms with Crippen LogP contribution < -0.4 is 5.32 Å². The number of hydrogen-bond acceptors (Lipinski definition) is 2. The molecule has 0 aromatic carbocycles. The molecule has 0 unspecified atom stereocenters. The fourth-order valence-electron chi connectivity index (χ4n) is 1.34. The minimum absolute atomic E-state index is 0.214. The fraction of sp³-hybridized carbons (Fsp3) is 0.583. The summed E-state index contributed by atoms with van der Waals surface area (Å²) in [5.74, 6) is 1.68. The third-order valence-electron chi connectivity index (χ3n) is 2.52. The quantitative estimate of drug-likeness (QED) is 0.778. The monoisotopic (exact) mass is 226 g/mol. The molecule has 1 rings (SSSR count). The third-order valence-corrected chi connectivity index (χ3v) is 2.70. The summed E-state index contributed by atoms with van der Waals surface area (Å²) in [6, 6.07) is 4.01. The van der Waals surface area contributed by atoms with Gasteiger partial charge in [-0.1, -0.05) is 19.9 Å². The zero-order valence-electron chi connectivity index (χ0n) is 9.68. The number of aryl methyl sites for hydroxylation is 1. The maximum absolute atomic E-state index is 5.76. The molecule has 0 fully saturated rings. The predicted molar refractivity (Wildman–Crippen MR) is 66.6 cm³/mol. The van der Waals surface area contributed by atoms with Crippen molar-refractivity contribution in [2.24, 2.45) is 5.41 Å². The first-order valence-electron chi connectivity index (χ1n) is 5.27. The summed E-state index contributed by atoms with van der Waals surface area (Å²) in [5, 5.41) is 3.37. The van der Waals surface area contributed by atoms with Gasteiger partial charge >= 0.3 is 0 Å². The van der Waals surface area contributed by atoms with E-state index in [0.717, 1.165) is 18.8 Å². The average Bonchev–Trinajstić information content (AvgIpc) is 2.16. The lowest BCUT2D eigenvalue weighted by Gasteiger charge is -2.24. The molecule has 0 bridgehead atoms. The van der Waals surface area contributed by atoms with E-state index in [1.165, 1.54) is 5.56 Å². The Labute approximate surface area is 97.1 Å². The van der Waals surface area contributed by atoms with Crippen molar-refractivity contribution in [1.29, 1.82) is 0 Å². The first-order chi connectivity index (χ1) is 7.05. The molecular formula is C12H19ClN2. The average molecular weight is 227 g/mol. The zero-order chi connectivity index (χ0) is 11.3. The van der Waals surface area contributed by atoms with Gasteiger partial charge in [0, 0.05) is 18.6 Å². The van der Waals surface area contributed by atoms with E-state index in [2.05, 4.69) is 37.1 Å². The lowest BCUT2D eigenvalue weighted by Crippen LogP contribution is -2.24. The van der Waals surface area contributed by atoms with E-state index in [4.69, 9.17) is 11.6 Å². The number of hydrogen-bond donors (Lipinski definition) is 1. The maximum atomic E-state index is 5.76. The van der Waals surface area contributed by atoms with Crippen LogP contribution in [0.5, 0.6) is 0 Å². The summed E-state index contributed by atoms with van der Waals surface area (Å²) in [6.45, 7) is 7.38. The molecule has 0 saturated carbocycles. The molecule has 0 aliphatic heterocycles. The lowest BCUT2D eigenvalue weighted by molar-refractivity contribution is 0.379. The molecule has 1 aromatic heterocycles. The van der Waals surface area contributed by atoms with Crippen LogP contribution in [0.2, 0.25) is 0 Å². The molecule has 0 radical (unpaired) electrons. The van der Waals surface area contributed by atoms with Crippen LogP contribution in [0.3, 0.4) is 0 Å². The van der Waals surface area contributed by atoms with Gasteiger partial charge in [0.1, 0.15) is 5.82 Å². The molecule has 1 heterocycles. The minimum Gasteiger partial charge on any atom is -0.369 e. The molecule has 0 aliphatic rings. The van der Waals surface area contributed by atoms with Crippen molar-refractivity contribution in [3.63, 3.8) is 0 Å². The topological polar surface area (TPSA) is 24.9 Å². The number of halogens is 1. The highest BCUT2D eigenvalue weighted by Gasteiger charge is 2.16. The Morgan fingerprint density at radius 2 is 2.20 bits per heavy atom. The van der Waals surface area contributed by atoms with Crippen molar-refractivity contribution in [3.8, 4) is 0 Å². The SMILES string of the molecule is Cc1cccnc1NCC(C)(C)CCCl. The maximum Gasteiger partial charge on any atom is 0.128 e. The lowest BCUT2D eigenvalue weighted by atomic mass is 9.90. The molecule has 1 N–H and O–H groups in total. The molecule has 0 saturated heterocycles. The van der Waals surface area contributed by atoms with Gasteiger partial charge in [-0.3, -0.25) is 0 Å². The Morgan fingerprint density at radius 1 is 1.47 bits per heavy atom. The van der Waals surface area contributed by atoms with Gasteiger partial charge in [-0.05, 0) is 30.4 Å². The Bertz CT molecular complexity index is 310. The standard InChI is InChI=1S/C12H19ClN2/c1-10-5-4-8-14-11(10)15-9-12(2,3)6-7-13/h4-5,8H,6-7,9H2,1-3H3,(H,14,15). The van der Waals surface area contributed by atoms with Gasteiger partial charge in [0.05, 0.1) is 0 Å². The molecule has 0 spiro atoms. The summed E-state index contributed by atoms with van der Waals surface area (Å²) in [7, 11) is 0. The molecule has 0 atom stereocenters. The zero-order valence-corrected chi connectivity index (χ0v) is 10.4. The summed E-state index contributed by atoms with van der Waals surface area (Å²) < 4.78 is 0. The van der Waals surface area contributed by atoms with Gasteiger partial charge in [0.25, 0.3) is 0 Å². The summed E-state index contributed by atoms with van der Waals surface area (Å²) in [6.07, 6.45) is 2.82. The number of alkyl halides is 1. The van der Waals surface area contributed by atoms with E-state index in [1.54, 1.807) is 0 Å². The third kappa shape index (κ3) is 4.08. The molecular weight excluding hydrogens is 208 g/mol. The number of nitrogens with zero attached hydrogens (tertiary/aromatic N) is 1. The largest absolute Gasteiger partial charge is 0.369 e. The van der Waals surface area contributed by atoms with Crippen molar-refractivity contribution in [3.05, 3.63) is 23.9 Å². The van der Waals surface area contributed by atoms with Gasteiger partial charge < -0.3 is 5.32 Å². The number of rotatable bonds is 5. The minimum atomic E-state index is 0.214. The second-order valence-electron chi connectivity index (χ2n) is 4.63. The summed E-state index contributed by atoms with van der Waals surface area (Å²) in [5.41, 5.74) is 1.39. The fourth-order valence-corrected chi connectivity index (χ4v) is 1.85. The summed E-state index contributed by atoms with van der Waals surface area (Å²) in [4.78, 5) is 4.30. The Kier molecular flexibility index (Phi) is 4.40. The van der Waals surface area contributed by atoms with Crippen molar-refractivity contribution < 1.29 is 0 Å². The molecule has 84 valence electrons. The van der Waals surface area contributed by atoms with Gasteiger partial charge in [0.15, 0.2) is 0 Å². The molecule has 15 heavy (non-hydrogen) atoms. The number of aromatic nitrogens is 1. The van der Waals surface area contributed by atoms with Gasteiger partial charge in [-0.25, -0.2) is 4.98 Å². The van der Waals surface area contributed by atoms with Crippen LogP contribution >= 0.6 is 11.6 Å². The van der Waals surface area contributed by atoms with Gasteiger partial charge in [-0.15, -0.1) is 11.6 Å². The van der Waals surface area contributed by atoms with E-state index in [9.17, 15) is 0 Å². The molecule has 1 aromatic rings. The van der Waals surface area contributed by atoms with Gasteiger partial charge in [0.2, 0.25) is 0 Å². The number of anilines is 1. The van der Waals surface area contributed by atoms with E-state index in [1.807, 2.05) is 12.3 Å². The van der Waals surface area contributed by atoms with E-state index >= 15 is 0 Å². The highest BCUT2D eigenvalue weighted by atomic mass is 35.5. The van der Waals surface area contributed by atoms with Crippen LogP contribution in [0, 0.1) is 12.3 Å². The smallest absolute Gasteiger partial charge is 0.128 e. The second-order valence-corrected chi connectivity index (χ2v) is 5.00. The second kappa shape index (κ2) is 5.36. The predicted octanol–water partition coefficient (Wildman–Crippen LogP) is 3.46. The van der Waals surface area contributed by atoms with Crippen LogP contribution in [0.15, 0.2) is 18.3 Å². The van der Waals surface area contributed by atoms with Crippen molar-refractivity contribution >= 4 is 17.4 Å². The molecule has 2 nitrogen and oxygen atoms in total. The van der Waals surface area contributed by atoms with E-state index < -0.39 is 0 Å². The highest BCUT2D eigenvalue weighted by Crippen LogP contribution is 2.22. The highest BCUT2D eigenvalue weighted by molar-refractivity contribution is 6.17. The van der Waals surface area contributed by atoms with Crippen LogP contribution in [-0.4, -0.2) is 17.4 Å². The first kappa shape index (κ1) is 12.3. The van der Waals surface area contributed by atoms with E-state index in [-0.39, 0.29) is 5.41 Å². The van der Waals surface area contributed by atoms with Crippen LogP contribution in [0.25, 0.3) is 0 Å². The normalized spacial score (nSPS) is 11.5. The Balaban J connectivity index is 2.53. The molecule has 0 amide bonds. The van der Waals surface area contributed by atoms with Crippen molar-refractivity contribution in [2.45, 2.75) is 27.2 Å². The van der Waals surface area contributed by atoms with E-state index in [0.29, 0.717) is 5.88 Å². The molecule has 3 heteroatoms. The first-order valence-corrected chi connectivity index (χ1v) is 5.80. The van der Waals surface area contributed by atoms with Crippen molar-refractivity contribution in [1.82, 2.24) is 4.98 Å². The van der Waals surface area contributed by atoms with Crippen LogP contribution in [0.1, 0.15) is 25.8 Å². The number of pyridine rings is 1. The molecule has 0 aliphatic carbocycles. The van der Waals surface area contributed by atoms with Gasteiger partial charge in [-0.2, -0.15) is 0 Å². The van der Waals surface area contributed by atoms with Crippen molar-refractivity contribution in [2.75, 3.05) is 17.7 Å².